The number of benzene rings is 3. The van der Waals surface area contributed by atoms with Crippen LogP contribution in [0.3, 0.4) is 0 Å². The Morgan fingerprint density at radius 1 is 0.811 bits per heavy atom. The van der Waals surface area contributed by atoms with Crippen molar-refractivity contribution >= 4 is 17.8 Å². The SMILES string of the molecule is CC(=O)c1cc(C[C@H](NC(=O)OC(C)(C)C)C(=O)OCc2ccccc2)ccc1OCc1ccccc1. The van der Waals surface area contributed by atoms with E-state index >= 15 is 0 Å². The molecule has 37 heavy (non-hydrogen) atoms. The quantitative estimate of drug-likeness (QED) is 0.284. The van der Waals surface area contributed by atoms with Crippen LogP contribution in [-0.4, -0.2) is 29.5 Å². The molecule has 3 aromatic rings. The van der Waals surface area contributed by atoms with E-state index in [9.17, 15) is 14.4 Å². The van der Waals surface area contributed by atoms with Gasteiger partial charge in [-0.25, -0.2) is 9.59 Å². The zero-order chi connectivity index (χ0) is 26.8. The zero-order valence-corrected chi connectivity index (χ0v) is 21.7. The van der Waals surface area contributed by atoms with E-state index in [0.29, 0.717) is 23.5 Å². The van der Waals surface area contributed by atoms with Crippen LogP contribution in [0.4, 0.5) is 4.79 Å². The van der Waals surface area contributed by atoms with Gasteiger partial charge >= 0.3 is 12.1 Å². The van der Waals surface area contributed by atoms with Crippen molar-refractivity contribution in [3.63, 3.8) is 0 Å². The monoisotopic (exact) mass is 503 g/mol. The van der Waals surface area contributed by atoms with Gasteiger partial charge in [0.05, 0.1) is 5.56 Å². The second-order valence-corrected chi connectivity index (χ2v) is 9.66. The van der Waals surface area contributed by atoms with Gasteiger partial charge in [-0.2, -0.15) is 0 Å². The lowest BCUT2D eigenvalue weighted by Crippen LogP contribution is -2.45. The van der Waals surface area contributed by atoms with E-state index in [-0.39, 0.29) is 18.8 Å². The van der Waals surface area contributed by atoms with Crippen molar-refractivity contribution in [3.05, 3.63) is 101 Å². The molecule has 0 aromatic heterocycles. The van der Waals surface area contributed by atoms with Crippen LogP contribution < -0.4 is 10.1 Å². The normalized spacial score (nSPS) is 11.8. The van der Waals surface area contributed by atoms with Gasteiger partial charge in [0.25, 0.3) is 0 Å². The summed E-state index contributed by atoms with van der Waals surface area (Å²) in [5.74, 6) is -0.333. The molecule has 7 nitrogen and oxygen atoms in total. The Morgan fingerprint density at radius 3 is 1.97 bits per heavy atom. The van der Waals surface area contributed by atoms with Crippen molar-refractivity contribution < 1.29 is 28.6 Å². The van der Waals surface area contributed by atoms with Gasteiger partial charge in [-0.1, -0.05) is 66.7 Å². The number of carbonyl (C=O) groups is 3. The summed E-state index contributed by atoms with van der Waals surface area (Å²) in [7, 11) is 0. The fourth-order valence-electron chi connectivity index (χ4n) is 3.55. The van der Waals surface area contributed by atoms with Crippen LogP contribution in [0, 0.1) is 0 Å². The summed E-state index contributed by atoms with van der Waals surface area (Å²) in [6.07, 6.45) is -0.629. The second-order valence-electron chi connectivity index (χ2n) is 9.66. The number of hydrogen-bond donors (Lipinski definition) is 1. The third kappa shape index (κ3) is 9.11. The highest BCUT2D eigenvalue weighted by Gasteiger charge is 2.26. The lowest BCUT2D eigenvalue weighted by molar-refractivity contribution is -0.147. The minimum Gasteiger partial charge on any atom is -0.488 e. The molecule has 1 atom stereocenters. The Balaban J connectivity index is 1.76. The van der Waals surface area contributed by atoms with Crippen molar-refractivity contribution in [2.75, 3.05) is 0 Å². The molecule has 0 saturated heterocycles. The molecule has 1 N–H and O–H groups in total. The van der Waals surface area contributed by atoms with E-state index < -0.39 is 23.7 Å². The number of nitrogens with one attached hydrogen (secondary N) is 1. The first-order valence-electron chi connectivity index (χ1n) is 12.1. The van der Waals surface area contributed by atoms with Gasteiger partial charge in [-0.3, -0.25) is 4.79 Å². The van der Waals surface area contributed by atoms with Crippen LogP contribution in [-0.2, 0) is 33.9 Å². The fourth-order valence-corrected chi connectivity index (χ4v) is 3.55. The third-order valence-electron chi connectivity index (χ3n) is 5.30. The lowest BCUT2D eigenvalue weighted by atomic mass is 10.0. The van der Waals surface area contributed by atoms with Gasteiger partial charge in [-0.15, -0.1) is 0 Å². The molecule has 194 valence electrons. The molecule has 7 heteroatoms. The Morgan fingerprint density at radius 2 is 1.41 bits per heavy atom. The summed E-state index contributed by atoms with van der Waals surface area (Å²) in [6, 6.07) is 23.0. The third-order valence-corrected chi connectivity index (χ3v) is 5.30. The van der Waals surface area contributed by atoms with E-state index in [1.807, 2.05) is 60.7 Å². The zero-order valence-electron chi connectivity index (χ0n) is 21.7. The van der Waals surface area contributed by atoms with Crippen LogP contribution in [0.1, 0.15) is 54.7 Å². The number of Topliss-reactive ketones (excluding diaryl/α,β-unsaturated/α-hetero) is 1. The summed E-state index contributed by atoms with van der Waals surface area (Å²) in [4.78, 5) is 37.8. The maximum atomic E-state index is 13.0. The Labute approximate surface area is 217 Å². The molecule has 0 aliphatic rings. The number of rotatable bonds is 10. The first kappa shape index (κ1) is 27.5. The van der Waals surface area contributed by atoms with Gasteiger partial charge in [0.15, 0.2) is 5.78 Å². The molecule has 0 radical (unpaired) electrons. The van der Waals surface area contributed by atoms with E-state index in [1.54, 1.807) is 39.0 Å². The predicted molar refractivity (Wildman–Crippen MR) is 140 cm³/mol. The van der Waals surface area contributed by atoms with Crippen molar-refractivity contribution in [2.45, 2.75) is 59.0 Å². The molecule has 0 saturated carbocycles. The van der Waals surface area contributed by atoms with Gasteiger partial charge in [0, 0.05) is 6.42 Å². The van der Waals surface area contributed by atoms with Gasteiger partial charge < -0.3 is 19.5 Å². The highest BCUT2D eigenvalue weighted by molar-refractivity contribution is 5.97. The highest BCUT2D eigenvalue weighted by Crippen LogP contribution is 2.23. The van der Waals surface area contributed by atoms with Crippen LogP contribution in [0.15, 0.2) is 78.9 Å². The fraction of sp³-hybridized carbons (Fsp3) is 0.300. The standard InChI is InChI=1S/C30H33NO6/c1-21(32)25-17-24(15-16-27(25)35-19-22-11-7-5-8-12-22)18-26(31-29(34)37-30(2,3)4)28(33)36-20-23-13-9-6-10-14-23/h5-17,26H,18-20H2,1-4H3,(H,31,34)/t26-/m0/s1. The van der Waals surface area contributed by atoms with E-state index in [4.69, 9.17) is 14.2 Å². The molecule has 1 amide bonds. The first-order valence-corrected chi connectivity index (χ1v) is 12.1. The van der Waals surface area contributed by atoms with Gasteiger partial charge in [0.2, 0.25) is 0 Å². The lowest BCUT2D eigenvalue weighted by Gasteiger charge is -2.23. The number of esters is 1. The Bertz CT molecular complexity index is 1200. The summed E-state index contributed by atoms with van der Waals surface area (Å²) in [6.45, 7) is 7.05. The van der Waals surface area contributed by atoms with E-state index in [2.05, 4.69) is 5.32 Å². The summed E-state index contributed by atoms with van der Waals surface area (Å²) >= 11 is 0. The second kappa shape index (κ2) is 12.7. The molecule has 0 aliphatic heterocycles. The molecule has 0 spiro atoms. The average molecular weight is 504 g/mol. The largest absolute Gasteiger partial charge is 0.488 e. The number of carbonyl (C=O) groups excluding carboxylic acids is 3. The molecular formula is C30H33NO6. The molecule has 0 aliphatic carbocycles. The number of hydrogen-bond acceptors (Lipinski definition) is 6. The number of ether oxygens (including phenoxy) is 3. The predicted octanol–water partition coefficient (Wildman–Crippen LogP) is 5.65. The summed E-state index contributed by atoms with van der Waals surface area (Å²) < 4.78 is 16.7. The minimum atomic E-state index is -1.02. The van der Waals surface area contributed by atoms with Gasteiger partial charge in [-0.05, 0) is 56.5 Å². The van der Waals surface area contributed by atoms with Crippen LogP contribution in [0.25, 0.3) is 0 Å². The molecule has 0 bridgehead atoms. The summed E-state index contributed by atoms with van der Waals surface area (Å²) in [5, 5.41) is 2.62. The van der Waals surface area contributed by atoms with Crippen LogP contribution >= 0.6 is 0 Å². The van der Waals surface area contributed by atoms with Crippen molar-refractivity contribution in [3.8, 4) is 5.75 Å². The Hall–Kier alpha value is -4.13. The minimum absolute atomic E-state index is 0.0666. The average Bonchev–Trinajstić information content (AvgIpc) is 2.86. The molecular weight excluding hydrogens is 470 g/mol. The topological polar surface area (TPSA) is 90.9 Å². The van der Waals surface area contributed by atoms with Crippen molar-refractivity contribution in [2.24, 2.45) is 0 Å². The van der Waals surface area contributed by atoms with E-state index in [1.165, 1.54) is 6.92 Å². The Kier molecular flexibility index (Phi) is 9.44. The van der Waals surface area contributed by atoms with Crippen molar-refractivity contribution in [1.29, 1.82) is 0 Å². The van der Waals surface area contributed by atoms with Gasteiger partial charge in [0.1, 0.15) is 30.6 Å². The summed E-state index contributed by atoms with van der Waals surface area (Å²) in [5.41, 5.74) is 2.12. The first-order chi connectivity index (χ1) is 17.6. The van der Waals surface area contributed by atoms with Crippen LogP contribution in [0.5, 0.6) is 5.75 Å². The molecule has 0 heterocycles. The number of alkyl carbamates (subject to hydrolysis) is 1. The number of amides is 1. The maximum absolute atomic E-state index is 13.0. The molecule has 0 fully saturated rings. The molecule has 3 rings (SSSR count). The molecule has 0 unspecified atom stereocenters. The highest BCUT2D eigenvalue weighted by atomic mass is 16.6. The van der Waals surface area contributed by atoms with E-state index in [0.717, 1.165) is 11.1 Å². The van der Waals surface area contributed by atoms with Crippen LogP contribution in [0.2, 0.25) is 0 Å². The molecule has 3 aromatic carbocycles. The van der Waals surface area contributed by atoms with Crippen molar-refractivity contribution in [1.82, 2.24) is 5.32 Å². The smallest absolute Gasteiger partial charge is 0.408 e. The maximum Gasteiger partial charge on any atom is 0.408 e. The number of ketones is 1.